The van der Waals surface area contributed by atoms with E-state index in [0.29, 0.717) is 11.2 Å². The Morgan fingerprint density at radius 3 is 2.94 bits per heavy atom. The highest BCUT2D eigenvalue weighted by molar-refractivity contribution is 7.98. The van der Waals surface area contributed by atoms with Crippen molar-refractivity contribution >= 4 is 28.2 Å². The molecular formula is C11H21N3S2. The highest BCUT2D eigenvalue weighted by Gasteiger charge is 2.09. The largest absolute Gasteiger partial charge is 0.375 e. The third-order valence-electron chi connectivity index (χ3n) is 2.78. The quantitative estimate of drug-likeness (QED) is 0.816. The Bertz CT molecular complexity index is 301. The van der Waals surface area contributed by atoms with E-state index in [1.807, 2.05) is 11.8 Å². The van der Waals surface area contributed by atoms with Crippen LogP contribution in [-0.2, 0) is 6.42 Å². The van der Waals surface area contributed by atoms with Crippen LogP contribution < -0.4 is 5.73 Å². The van der Waals surface area contributed by atoms with Crippen LogP contribution in [0.5, 0.6) is 0 Å². The van der Waals surface area contributed by atoms with Crippen LogP contribution in [0.2, 0.25) is 0 Å². The van der Waals surface area contributed by atoms with Gasteiger partial charge in [0, 0.05) is 24.4 Å². The molecule has 1 aromatic heterocycles. The van der Waals surface area contributed by atoms with Crippen LogP contribution in [0, 0.1) is 0 Å². The molecule has 3 nitrogen and oxygen atoms in total. The summed E-state index contributed by atoms with van der Waals surface area (Å²) in [5, 5.41) is 2.73. The summed E-state index contributed by atoms with van der Waals surface area (Å²) in [7, 11) is 2.18. The molecule has 1 unspecified atom stereocenters. The van der Waals surface area contributed by atoms with Crippen LogP contribution in [0.1, 0.15) is 19.0 Å². The van der Waals surface area contributed by atoms with Crippen LogP contribution >= 0.6 is 23.1 Å². The minimum Gasteiger partial charge on any atom is -0.375 e. The number of nitrogens with two attached hydrogens (primary N) is 1. The molecule has 0 aliphatic heterocycles. The summed E-state index contributed by atoms with van der Waals surface area (Å²) in [4.78, 5) is 6.66. The summed E-state index contributed by atoms with van der Waals surface area (Å²) < 4.78 is 0. The average molecular weight is 259 g/mol. The zero-order chi connectivity index (χ0) is 12.0. The van der Waals surface area contributed by atoms with E-state index in [-0.39, 0.29) is 0 Å². The molecule has 2 N–H and O–H groups in total. The monoisotopic (exact) mass is 259 g/mol. The van der Waals surface area contributed by atoms with Gasteiger partial charge < -0.3 is 10.6 Å². The Morgan fingerprint density at radius 2 is 2.38 bits per heavy atom. The average Bonchev–Trinajstić information content (AvgIpc) is 2.68. The number of nitrogen functional groups attached to an aromatic ring is 1. The molecule has 16 heavy (non-hydrogen) atoms. The van der Waals surface area contributed by atoms with Crippen molar-refractivity contribution in [3.8, 4) is 0 Å². The van der Waals surface area contributed by atoms with Crippen molar-refractivity contribution in [2.45, 2.75) is 25.8 Å². The Balaban J connectivity index is 2.26. The zero-order valence-corrected chi connectivity index (χ0v) is 11.9. The first-order valence-electron chi connectivity index (χ1n) is 5.52. The van der Waals surface area contributed by atoms with Crippen LogP contribution in [0.25, 0.3) is 0 Å². The van der Waals surface area contributed by atoms with Crippen molar-refractivity contribution in [3.63, 3.8) is 0 Å². The molecule has 0 spiro atoms. The molecule has 0 saturated heterocycles. The fourth-order valence-electron chi connectivity index (χ4n) is 1.46. The molecule has 0 radical (unpaired) electrons. The summed E-state index contributed by atoms with van der Waals surface area (Å²) in [5.41, 5.74) is 6.72. The molecule has 0 amide bonds. The first-order valence-corrected chi connectivity index (χ1v) is 7.80. The predicted octanol–water partition coefficient (Wildman–Crippen LogP) is 2.34. The molecule has 0 aromatic carbocycles. The first kappa shape index (κ1) is 13.8. The fraction of sp³-hybridized carbons (Fsp3) is 0.727. The van der Waals surface area contributed by atoms with Crippen molar-refractivity contribution in [1.29, 1.82) is 0 Å². The minimum absolute atomic E-state index is 0.642. The summed E-state index contributed by atoms with van der Waals surface area (Å²) in [6.07, 6.45) is 4.40. The second-order valence-corrected chi connectivity index (χ2v) is 5.91. The molecule has 1 aromatic rings. The van der Waals surface area contributed by atoms with E-state index >= 15 is 0 Å². The van der Waals surface area contributed by atoms with E-state index in [2.05, 4.69) is 35.5 Å². The summed E-state index contributed by atoms with van der Waals surface area (Å²) in [6.45, 7) is 3.34. The van der Waals surface area contributed by atoms with Crippen LogP contribution in [0.15, 0.2) is 5.38 Å². The van der Waals surface area contributed by atoms with Gasteiger partial charge in [0.1, 0.15) is 0 Å². The molecule has 0 bridgehead atoms. The fourth-order valence-corrected chi connectivity index (χ4v) is 2.63. The Hall–Kier alpha value is -0.260. The Kier molecular flexibility index (Phi) is 6.16. The van der Waals surface area contributed by atoms with Gasteiger partial charge in [0.2, 0.25) is 0 Å². The molecule has 1 atom stereocenters. The Labute approximate surface area is 106 Å². The number of thiazole rings is 1. The lowest BCUT2D eigenvalue weighted by Gasteiger charge is -2.24. The maximum absolute atomic E-state index is 5.60. The van der Waals surface area contributed by atoms with Gasteiger partial charge in [-0.2, -0.15) is 11.8 Å². The lowest BCUT2D eigenvalue weighted by Crippen LogP contribution is -2.31. The summed E-state index contributed by atoms with van der Waals surface area (Å²) >= 11 is 3.43. The van der Waals surface area contributed by atoms with Gasteiger partial charge in [0.05, 0.1) is 5.69 Å². The number of aromatic nitrogens is 1. The van der Waals surface area contributed by atoms with Gasteiger partial charge in [-0.1, -0.05) is 0 Å². The van der Waals surface area contributed by atoms with E-state index < -0.39 is 0 Å². The molecule has 0 saturated carbocycles. The van der Waals surface area contributed by atoms with Crippen LogP contribution in [0.3, 0.4) is 0 Å². The number of hydrogen-bond acceptors (Lipinski definition) is 5. The Morgan fingerprint density at radius 1 is 1.62 bits per heavy atom. The molecule has 1 heterocycles. The molecule has 0 aliphatic rings. The lowest BCUT2D eigenvalue weighted by atomic mass is 10.2. The van der Waals surface area contributed by atoms with Gasteiger partial charge in [-0.15, -0.1) is 11.3 Å². The van der Waals surface area contributed by atoms with Crippen molar-refractivity contribution in [2.24, 2.45) is 0 Å². The smallest absolute Gasteiger partial charge is 0.180 e. The standard InChI is InChI=1S/C11H21N3S2/c1-9(5-7-15-3)14(2)6-4-10-8-16-11(12)13-10/h8-9H,4-7H2,1-3H3,(H2,12,13). The lowest BCUT2D eigenvalue weighted by molar-refractivity contribution is 0.256. The van der Waals surface area contributed by atoms with Crippen LogP contribution in [0.4, 0.5) is 5.13 Å². The second-order valence-electron chi connectivity index (χ2n) is 4.04. The van der Waals surface area contributed by atoms with Gasteiger partial charge in [0.25, 0.3) is 0 Å². The third-order valence-corrected chi connectivity index (χ3v) is 4.15. The molecule has 92 valence electrons. The molecular weight excluding hydrogens is 238 g/mol. The first-order chi connectivity index (χ1) is 7.63. The molecule has 1 rings (SSSR count). The number of anilines is 1. The summed E-state index contributed by atoms with van der Waals surface area (Å²) in [5.74, 6) is 1.23. The highest BCUT2D eigenvalue weighted by Crippen LogP contribution is 2.12. The molecule has 5 heteroatoms. The normalized spacial score (nSPS) is 13.2. The van der Waals surface area contributed by atoms with Gasteiger partial charge in [-0.05, 0) is 32.4 Å². The number of likely N-dealkylation sites (N-methyl/N-ethyl adjacent to an activating group) is 1. The maximum atomic E-state index is 5.60. The van der Waals surface area contributed by atoms with Crippen molar-refractivity contribution < 1.29 is 0 Å². The van der Waals surface area contributed by atoms with Crippen molar-refractivity contribution in [2.75, 3.05) is 31.3 Å². The minimum atomic E-state index is 0.642. The predicted molar refractivity (Wildman–Crippen MR) is 75.3 cm³/mol. The van der Waals surface area contributed by atoms with E-state index in [0.717, 1.165) is 18.7 Å². The van der Waals surface area contributed by atoms with E-state index in [4.69, 9.17) is 5.73 Å². The maximum Gasteiger partial charge on any atom is 0.180 e. The van der Waals surface area contributed by atoms with Crippen molar-refractivity contribution in [3.05, 3.63) is 11.1 Å². The van der Waals surface area contributed by atoms with Gasteiger partial charge >= 0.3 is 0 Å². The number of nitrogens with zero attached hydrogens (tertiary/aromatic N) is 2. The number of thioether (sulfide) groups is 1. The van der Waals surface area contributed by atoms with E-state index in [1.54, 1.807) is 0 Å². The third kappa shape index (κ3) is 4.72. The second kappa shape index (κ2) is 7.14. The van der Waals surface area contributed by atoms with Gasteiger partial charge in [-0.25, -0.2) is 4.98 Å². The SMILES string of the molecule is CSCCC(C)N(C)CCc1csc(N)n1. The van der Waals surface area contributed by atoms with Gasteiger partial charge in [0.15, 0.2) is 5.13 Å². The number of rotatable bonds is 7. The van der Waals surface area contributed by atoms with E-state index in [9.17, 15) is 0 Å². The molecule has 0 fully saturated rings. The van der Waals surface area contributed by atoms with Gasteiger partial charge in [-0.3, -0.25) is 0 Å². The number of hydrogen-bond donors (Lipinski definition) is 1. The van der Waals surface area contributed by atoms with E-state index in [1.165, 1.54) is 23.5 Å². The summed E-state index contributed by atoms with van der Waals surface area (Å²) in [6, 6.07) is 0.642. The topological polar surface area (TPSA) is 42.1 Å². The van der Waals surface area contributed by atoms with Crippen molar-refractivity contribution in [1.82, 2.24) is 9.88 Å². The highest BCUT2D eigenvalue weighted by atomic mass is 32.2. The van der Waals surface area contributed by atoms with Crippen LogP contribution in [-0.4, -0.2) is 41.5 Å². The molecule has 0 aliphatic carbocycles. The zero-order valence-electron chi connectivity index (χ0n) is 10.3.